The van der Waals surface area contributed by atoms with Gasteiger partial charge in [-0.3, -0.25) is 4.68 Å². The summed E-state index contributed by atoms with van der Waals surface area (Å²) in [5, 5.41) is 14.5. The average molecular weight is 325 g/mol. The molecule has 0 aliphatic carbocycles. The molecule has 2 heterocycles. The van der Waals surface area contributed by atoms with Crippen LogP contribution in [0.3, 0.4) is 0 Å². The highest BCUT2D eigenvalue weighted by Gasteiger charge is 2.17. The van der Waals surface area contributed by atoms with Gasteiger partial charge in [-0.1, -0.05) is 11.8 Å². The highest BCUT2D eigenvalue weighted by molar-refractivity contribution is 7.89. The summed E-state index contributed by atoms with van der Waals surface area (Å²) in [6.07, 6.45) is 1.87. The van der Waals surface area contributed by atoms with Crippen LogP contribution in [0.25, 0.3) is 0 Å². The van der Waals surface area contributed by atoms with Crippen LogP contribution in [0.4, 0.5) is 0 Å². The van der Waals surface area contributed by atoms with Gasteiger partial charge in [0.2, 0.25) is 0 Å². The first-order chi connectivity index (χ1) is 10.0. The molecule has 8 heteroatoms. The van der Waals surface area contributed by atoms with Gasteiger partial charge < -0.3 is 5.11 Å². The van der Waals surface area contributed by atoms with Crippen molar-refractivity contribution in [2.45, 2.75) is 18.0 Å². The number of aliphatic hydroxyl groups is 1. The van der Waals surface area contributed by atoms with Crippen molar-refractivity contribution in [2.75, 3.05) is 6.61 Å². The molecular formula is C13H15N3O3S2. The number of nitrogens with one attached hydrogen (secondary N) is 1. The van der Waals surface area contributed by atoms with E-state index < -0.39 is 10.0 Å². The predicted molar refractivity (Wildman–Crippen MR) is 80.1 cm³/mol. The summed E-state index contributed by atoms with van der Waals surface area (Å²) in [5.41, 5.74) is 0.822. The summed E-state index contributed by atoms with van der Waals surface area (Å²) in [7, 11) is -1.99. The van der Waals surface area contributed by atoms with Gasteiger partial charge in [0.15, 0.2) is 5.03 Å². The van der Waals surface area contributed by atoms with Crippen LogP contribution in [0.15, 0.2) is 28.7 Å². The zero-order valence-corrected chi connectivity index (χ0v) is 13.0. The molecule has 112 valence electrons. The first-order valence-corrected chi connectivity index (χ1v) is 8.54. The fourth-order valence-electron chi connectivity index (χ4n) is 1.62. The Morgan fingerprint density at radius 1 is 1.52 bits per heavy atom. The fourth-order valence-corrected chi connectivity index (χ4v) is 3.60. The number of rotatable bonds is 5. The van der Waals surface area contributed by atoms with Crippen LogP contribution in [0.1, 0.15) is 16.9 Å². The number of sulfonamides is 1. The molecule has 0 aliphatic rings. The Balaban J connectivity index is 2.01. The van der Waals surface area contributed by atoms with Crippen LogP contribution in [0.5, 0.6) is 0 Å². The van der Waals surface area contributed by atoms with E-state index in [4.69, 9.17) is 5.11 Å². The Hall–Kier alpha value is -1.66. The maximum Gasteiger partial charge on any atom is 0.258 e. The minimum atomic E-state index is -3.57. The Kier molecular flexibility index (Phi) is 5.14. The number of aromatic nitrogens is 2. The molecule has 0 unspecified atom stereocenters. The van der Waals surface area contributed by atoms with Crippen molar-refractivity contribution < 1.29 is 13.5 Å². The maximum atomic E-state index is 12.1. The number of hydrogen-bond donors (Lipinski definition) is 2. The summed E-state index contributed by atoms with van der Waals surface area (Å²) in [6, 6.07) is 3.28. The van der Waals surface area contributed by atoms with E-state index in [0.717, 1.165) is 10.4 Å². The monoisotopic (exact) mass is 325 g/mol. The van der Waals surface area contributed by atoms with Crippen LogP contribution >= 0.6 is 11.3 Å². The lowest BCUT2D eigenvalue weighted by molar-refractivity contribution is 0.305. The Bertz CT molecular complexity index is 766. The molecule has 0 aromatic carbocycles. The predicted octanol–water partition coefficient (Wildman–Crippen LogP) is 0.694. The van der Waals surface area contributed by atoms with E-state index in [2.05, 4.69) is 21.7 Å². The lowest BCUT2D eigenvalue weighted by atomic mass is 10.3. The van der Waals surface area contributed by atoms with Crippen molar-refractivity contribution in [3.8, 4) is 11.8 Å². The molecule has 0 fully saturated rings. The first kappa shape index (κ1) is 15.7. The van der Waals surface area contributed by atoms with Gasteiger partial charge in [0.25, 0.3) is 10.0 Å². The minimum absolute atomic E-state index is 0.0362. The van der Waals surface area contributed by atoms with Gasteiger partial charge in [0, 0.05) is 35.8 Å². The van der Waals surface area contributed by atoms with Gasteiger partial charge in [-0.2, -0.15) is 5.10 Å². The van der Waals surface area contributed by atoms with Gasteiger partial charge in [-0.15, -0.1) is 11.3 Å². The number of aliphatic hydroxyl groups excluding tert-OH is 1. The summed E-state index contributed by atoms with van der Waals surface area (Å²) >= 11 is 1.44. The van der Waals surface area contributed by atoms with Crippen molar-refractivity contribution in [1.29, 1.82) is 0 Å². The third-order valence-electron chi connectivity index (χ3n) is 2.61. The topological polar surface area (TPSA) is 84.2 Å². The molecule has 0 atom stereocenters. The van der Waals surface area contributed by atoms with E-state index in [-0.39, 0.29) is 18.2 Å². The van der Waals surface area contributed by atoms with E-state index in [1.165, 1.54) is 28.3 Å². The molecule has 2 aromatic rings. The lowest BCUT2D eigenvalue weighted by Gasteiger charge is -2.05. The molecule has 0 spiro atoms. The molecule has 0 amide bonds. The molecule has 6 nitrogen and oxygen atoms in total. The van der Waals surface area contributed by atoms with Crippen LogP contribution < -0.4 is 4.72 Å². The fraction of sp³-hybridized carbons (Fsp3) is 0.308. The molecule has 0 aliphatic heterocycles. The number of aryl methyl sites for hydroxylation is 1. The van der Waals surface area contributed by atoms with E-state index in [1.807, 2.05) is 11.4 Å². The van der Waals surface area contributed by atoms with Crippen LogP contribution in [0, 0.1) is 11.8 Å². The van der Waals surface area contributed by atoms with Crippen molar-refractivity contribution in [1.82, 2.24) is 14.5 Å². The van der Waals surface area contributed by atoms with Crippen molar-refractivity contribution in [2.24, 2.45) is 7.05 Å². The third kappa shape index (κ3) is 4.15. The zero-order valence-electron chi connectivity index (χ0n) is 11.4. The van der Waals surface area contributed by atoms with Crippen molar-refractivity contribution in [3.05, 3.63) is 34.2 Å². The van der Waals surface area contributed by atoms with Crippen LogP contribution in [-0.2, 0) is 23.6 Å². The molecule has 0 radical (unpaired) electrons. The second kappa shape index (κ2) is 6.87. The summed E-state index contributed by atoms with van der Waals surface area (Å²) in [6.45, 7) is 0.244. The van der Waals surface area contributed by atoms with Crippen LogP contribution in [0.2, 0.25) is 0 Å². The van der Waals surface area contributed by atoms with E-state index in [0.29, 0.717) is 6.42 Å². The smallest absolute Gasteiger partial charge is 0.258 e. The van der Waals surface area contributed by atoms with Gasteiger partial charge in [-0.05, 0) is 12.1 Å². The second-order valence-electron chi connectivity index (χ2n) is 4.19. The Morgan fingerprint density at radius 2 is 2.33 bits per heavy atom. The van der Waals surface area contributed by atoms with Gasteiger partial charge in [0.1, 0.15) is 0 Å². The summed E-state index contributed by atoms with van der Waals surface area (Å²) in [4.78, 5) is 0.869. The quantitative estimate of drug-likeness (QED) is 0.793. The largest absolute Gasteiger partial charge is 0.395 e. The highest BCUT2D eigenvalue weighted by atomic mass is 32.2. The van der Waals surface area contributed by atoms with Crippen molar-refractivity contribution >= 4 is 21.4 Å². The normalized spacial score (nSPS) is 11.1. The zero-order chi connectivity index (χ0) is 15.3. The summed E-state index contributed by atoms with van der Waals surface area (Å²) in [5.74, 6) is 5.73. The molecule has 0 saturated heterocycles. The maximum absolute atomic E-state index is 12.1. The van der Waals surface area contributed by atoms with E-state index in [1.54, 1.807) is 7.05 Å². The first-order valence-electron chi connectivity index (χ1n) is 6.18. The highest BCUT2D eigenvalue weighted by Crippen LogP contribution is 2.15. The lowest BCUT2D eigenvalue weighted by Crippen LogP contribution is -2.24. The molecule has 0 bridgehead atoms. The standard InChI is InChI=1S/C13H15N3O3S2/c1-16-13(5-6-14-16)21(18,19)15-9-12-8-11(10-20-12)4-2-3-7-17/h5-6,8,10,15,17H,3,7,9H2,1H3. The second-order valence-corrected chi connectivity index (χ2v) is 6.90. The van der Waals surface area contributed by atoms with Gasteiger partial charge in [0.05, 0.1) is 12.8 Å². The number of hydrogen-bond acceptors (Lipinski definition) is 5. The Labute approximate surface area is 127 Å². The Morgan fingerprint density at radius 3 is 3.00 bits per heavy atom. The molecule has 2 rings (SSSR count). The molecule has 2 aromatic heterocycles. The number of thiophene rings is 1. The third-order valence-corrected chi connectivity index (χ3v) is 5.02. The van der Waals surface area contributed by atoms with Gasteiger partial charge >= 0.3 is 0 Å². The van der Waals surface area contributed by atoms with Crippen LogP contribution in [-0.4, -0.2) is 29.9 Å². The van der Waals surface area contributed by atoms with Crippen molar-refractivity contribution in [3.63, 3.8) is 0 Å². The van der Waals surface area contributed by atoms with E-state index >= 15 is 0 Å². The number of nitrogens with zero attached hydrogens (tertiary/aromatic N) is 2. The molecule has 0 saturated carbocycles. The molecular weight excluding hydrogens is 310 g/mol. The average Bonchev–Trinajstić information content (AvgIpc) is 3.06. The molecule has 2 N–H and O–H groups in total. The minimum Gasteiger partial charge on any atom is -0.395 e. The SMILES string of the molecule is Cn1nccc1S(=O)(=O)NCc1cc(C#CCCO)cs1. The summed E-state index contributed by atoms with van der Waals surface area (Å²) < 4.78 is 28.0. The molecule has 21 heavy (non-hydrogen) atoms. The van der Waals surface area contributed by atoms with Gasteiger partial charge in [-0.25, -0.2) is 13.1 Å². The van der Waals surface area contributed by atoms with E-state index in [9.17, 15) is 8.42 Å².